The molecule has 0 aliphatic heterocycles. The number of amides is 1. The molecule has 164 valence electrons. The smallest absolute Gasteiger partial charge is 0.328 e. The largest absolute Gasteiger partial charge is 0.464 e. The summed E-state index contributed by atoms with van der Waals surface area (Å²) in [7, 11) is 0. The predicted molar refractivity (Wildman–Crippen MR) is 120 cm³/mol. The molecule has 0 aliphatic rings. The minimum absolute atomic E-state index is 0.244. The number of hydrogen-bond donors (Lipinski definition) is 1. The van der Waals surface area contributed by atoms with Crippen molar-refractivity contribution in [1.29, 1.82) is 0 Å². The fourth-order valence-electron chi connectivity index (χ4n) is 3.29. The van der Waals surface area contributed by atoms with Gasteiger partial charge in [0, 0.05) is 5.56 Å². The number of unbranched alkanes of at least 4 members (excludes halogenated alkanes) is 10. The summed E-state index contributed by atoms with van der Waals surface area (Å²) in [5.41, 5.74) is 1.74. The molecule has 0 aliphatic carbocycles. The summed E-state index contributed by atoms with van der Waals surface area (Å²) in [5, 5.41) is 2.71. The summed E-state index contributed by atoms with van der Waals surface area (Å²) in [4.78, 5) is 24.3. The lowest BCUT2D eigenvalue weighted by atomic mass is 10.1. The normalized spacial score (nSPS) is 11.8. The van der Waals surface area contributed by atoms with Gasteiger partial charge in [0.15, 0.2) is 0 Å². The maximum Gasteiger partial charge on any atom is 0.328 e. The van der Waals surface area contributed by atoms with Gasteiger partial charge in [-0.1, -0.05) is 90.2 Å². The summed E-state index contributed by atoms with van der Waals surface area (Å²) in [6.07, 6.45) is 14.8. The van der Waals surface area contributed by atoms with Gasteiger partial charge in [-0.25, -0.2) is 4.79 Å². The van der Waals surface area contributed by atoms with Crippen LogP contribution in [0.1, 0.15) is 107 Å². The van der Waals surface area contributed by atoms with E-state index in [1.807, 2.05) is 12.1 Å². The Morgan fingerprint density at radius 3 is 1.86 bits per heavy atom. The van der Waals surface area contributed by atoms with Crippen LogP contribution in [0.5, 0.6) is 0 Å². The second-order valence-corrected chi connectivity index (χ2v) is 7.95. The van der Waals surface area contributed by atoms with Crippen molar-refractivity contribution in [2.24, 2.45) is 0 Å². The zero-order valence-corrected chi connectivity index (χ0v) is 18.8. The Morgan fingerprint density at radius 2 is 1.34 bits per heavy atom. The van der Waals surface area contributed by atoms with E-state index in [4.69, 9.17) is 4.74 Å². The van der Waals surface area contributed by atoms with Gasteiger partial charge in [-0.3, -0.25) is 4.79 Å². The first kappa shape index (κ1) is 25.2. The molecule has 0 saturated carbocycles. The van der Waals surface area contributed by atoms with E-state index in [1.165, 1.54) is 63.4 Å². The molecule has 0 heterocycles. The van der Waals surface area contributed by atoms with E-state index in [0.29, 0.717) is 12.2 Å². The Kier molecular flexibility index (Phi) is 13.9. The van der Waals surface area contributed by atoms with E-state index in [0.717, 1.165) is 19.3 Å². The Morgan fingerprint density at radius 1 is 0.828 bits per heavy atom. The molecular formula is C25H41NO3. The first-order valence-corrected chi connectivity index (χ1v) is 11.6. The Bertz CT molecular complexity index is 568. The van der Waals surface area contributed by atoms with E-state index in [9.17, 15) is 9.59 Å². The second-order valence-electron chi connectivity index (χ2n) is 7.95. The van der Waals surface area contributed by atoms with Crippen molar-refractivity contribution < 1.29 is 14.3 Å². The topological polar surface area (TPSA) is 55.4 Å². The zero-order valence-electron chi connectivity index (χ0n) is 18.8. The average Bonchev–Trinajstić information content (AvgIpc) is 2.74. The van der Waals surface area contributed by atoms with E-state index in [1.54, 1.807) is 19.1 Å². The van der Waals surface area contributed by atoms with E-state index >= 15 is 0 Å². The van der Waals surface area contributed by atoms with Crippen molar-refractivity contribution in [2.75, 3.05) is 6.61 Å². The second kappa shape index (κ2) is 16.0. The summed E-state index contributed by atoms with van der Waals surface area (Å²) in [6.45, 7) is 6.42. The van der Waals surface area contributed by atoms with Gasteiger partial charge in [-0.15, -0.1) is 0 Å². The number of aryl methyl sites for hydroxylation is 1. The monoisotopic (exact) mass is 403 g/mol. The summed E-state index contributed by atoms with van der Waals surface area (Å²) in [6, 6.07) is 6.81. The highest BCUT2D eigenvalue weighted by Crippen LogP contribution is 2.11. The van der Waals surface area contributed by atoms with E-state index < -0.39 is 6.04 Å². The molecule has 0 fully saturated rings. The van der Waals surface area contributed by atoms with Crippen molar-refractivity contribution in [3.63, 3.8) is 0 Å². The van der Waals surface area contributed by atoms with Crippen molar-refractivity contribution >= 4 is 11.9 Å². The lowest BCUT2D eigenvalue weighted by molar-refractivity contribution is -0.145. The molecule has 1 amide bonds. The molecule has 0 aromatic heterocycles. The molecule has 0 saturated heterocycles. The molecule has 0 unspecified atom stereocenters. The third-order valence-electron chi connectivity index (χ3n) is 5.32. The maximum atomic E-state index is 12.2. The standard InChI is InChI=1S/C25H41NO3/c1-4-6-7-8-9-10-11-12-13-14-15-20-29-25(28)21(3)26-24(27)23-18-16-22(5-2)17-19-23/h16-19,21H,4-15,20H2,1-3H3,(H,26,27)/t21-/m0/s1. The van der Waals surface area contributed by atoms with E-state index in [-0.39, 0.29) is 11.9 Å². The first-order chi connectivity index (χ1) is 14.1. The van der Waals surface area contributed by atoms with Crippen LogP contribution in [0.2, 0.25) is 0 Å². The predicted octanol–water partition coefficient (Wildman–Crippen LogP) is 6.22. The van der Waals surface area contributed by atoms with Crippen LogP contribution in [0, 0.1) is 0 Å². The molecule has 1 aromatic carbocycles. The highest BCUT2D eigenvalue weighted by Gasteiger charge is 2.17. The first-order valence-electron chi connectivity index (χ1n) is 11.6. The molecule has 4 nitrogen and oxygen atoms in total. The third-order valence-corrected chi connectivity index (χ3v) is 5.32. The molecule has 0 spiro atoms. The Labute approximate surface area is 177 Å². The lowest BCUT2D eigenvalue weighted by Crippen LogP contribution is -2.39. The highest BCUT2D eigenvalue weighted by molar-refractivity contribution is 5.96. The number of ether oxygens (including phenoxy) is 1. The summed E-state index contributed by atoms with van der Waals surface area (Å²) < 4.78 is 5.31. The van der Waals surface area contributed by atoms with Gasteiger partial charge in [-0.05, 0) is 37.5 Å². The van der Waals surface area contributed by atoms with Crippen LogP contribution in [-0.4, -0.2) is 24.5 Å². The average molecular weight is 404 g/mol. The number of benzene rings is 1. The van der Waals surface area contributed by atoms with Gasteiger partial charge >= 0.3 is 5.97 Å². The van der Waals surface area contributed by atoms with Crippen molar-refractivity contribution in [1.82, 2.24) is 5.32 Å². The molecule has 29 heavy (non-hydrogen) atoms. The van der Waals surface area contributed by atoms with Crippen LogP contribution in [0.4, 0.5) is 0 Å². The third kappa shape index (κ3) is 11.7. The van der Waals surface area contributed by atoms with Crippen LogP contribution in [0.25, 0.3) is 0 Å². The zero-order chi connectivity index (χ0) is 21.3. The maximum absolute atomic E-state index is 12.2. The number of esters is 1. The summed E-state index contributed by atoms with van der Waals surface area (Å²) in [5.74, 6) is -0.609. The molecule has 0 radical (unpaired) electrons. The van der Waals surface area contributed by atoms with Gasteiger partial charge in [0.1, 0.15) is 6.04 Å². The van der Waals surface area contributed by atoms with Gasteiger partial charge in [-0.2, -0.15) is 0 Å². The molecule has 1 rings (SSSR count). The van der Waals surface area contributed by atoms with Crippen LogP contribution >= 0.6 is 0 Å². The van der Waals surface area contributed by atoms with Crippen LogP contribution in [0.15, 0.2) is 24.3 Å². The number of carbonyl (C=O) groups is 2. The molecule has 1 aromatic rings. The van der Waals surface area contributed by atoms with Gasteiger partial charge in [0.25, 0.3) is 5.91 Å². The Hall–Kier alpha value is -1.84. The van der Waals surface area contributed by atoms with Crippen molar-refractivity contribution in [2.45, 2.75) is 104 Å². The van der Waals surface area contributed by atoms with Gasteiger partial charge in [0.2, 0.25) is 0 Å². The fraction of sp³-hybridized carbons (Fsp3) is 0.680. The molecule has 1 atom stereocenters. The number of rotatable bonds is 16. The van der Waals surface area contributed by atoms with Gasteiger partial charge in [0.05, 0.1) is 6.61 Å². The van der Waals surface area contributed by atoms with Crippen molar-refractivity contribution in [3.8, 4) is 0 Å². The van der Waals surface area contributed by atoms with Crippen LogP contribution in [0.3, 0.4) is 0 Å². The molecular weight excluding hydrogens is 362 g/mol. The minimum atomic E-state index is -0.638. The van der Waals surface area contributed by atoms with E-state index in [2.05, 4.69) is 19.2 Å². The fourth-order valence-corrected chi connectivity index (χ4v) is 3.29. The minimum Gasteiger partial charge on any atom is -0.464 e. The number of nitrogens with one attached hydrogen (secondary N) is 1. The summed E-state index contributed by atoms with van der Waals surface area (Å²) >= 11 is 0. The SMILES string of the molecule is CCCCCCCCCCCCCOC(=O)[C@H](C)NC(=O)c1ccc(CC)cc1. The number of hydrogen-bond acceptors (Lipinski definition) is 3. The van der Waals surface area contributed by atoms with Crippen LogP contribution in [-0.2, 0) is 16.0 Å². The number of carbonyl (C=O) groups excluding carboxylic acids is 2. The molecule has 1 N–H and O–H groups in total. The van der Waals surface area contributed by atoms with Crippen molar-refractivity contribution in [3.05, 3.63) is 35.4 Å². The lowest BCUT2D eigenvalue weighted by Gasteiger charge is -2.13. The molecule has 4 heteroatoms. The molecule has 0 bridgehead atoms. The Balaban J connectivity index is 2.05. The van der Waals surface area contributed by atoms with Gasteiger partial charge < -0.3 is 10.1 Å². The van der Waals surface area contributed by atoms with Crippen LogP contribution < -0.4 is 5.32 Å². The quantitative estimate of drug-likeness (QED) is 0.263. The highest BCUT2D eigenvalue weighted by atomic mass is 16.5.